The number of halogens is 1. The first-order chi connectivity index (χ1) is 12.2. The molecule has 3 rings (SSSR count). The number of aryl methyl sites for hydroxylation is 1. The Morgan fingerprint density at radius 1 is 1.20 bits per heavy atom. The summed E-state index contributed by atoms with van der Waals surface area (Å²) < 4.78 is 6.09. The Hall–Kier alpha value is -2.38. The number of rotatable bonds is 4. The van der Waals surface area contributed by atoms with Crippen LogP contribution in [0.2, 0.25) is 5.02 Å². The van der Waals surface area contributed by atoms with Crippen molar-refractivity contribution in [1.82, 2.24) is 9.88 Å². The Labute approximate surface area is 154 Å². The fourth-order valence-electron chi connectivity index (χ4n) is 2.75. The summed E-state index contributed by atoms with van der Waals surface area (Å²) >= 11 is 5.93. The van der Waals surface area contributed by atoms with E-state index < -0.39 is 0 Å². The second kappa shape index (κ2) is 8.64. The second-order valence-electron chi connectivity index (χ2n) is 6.09. The van der Waals surface area contributed by atoms with Crippen molar-refractivity contribution in [3.05, 3.63) is 53.3 Å². The Morgan fingerprint density at radius 2 is 2.04 bits per heavy atom. The molecule has 5 heteroatoms. The lowest BCUT2D eigenvalue weighted by atomic mass is 10.1. The molecule has 0 radical (unpaired) electrons. The lowest BCUT2D eigenvalue weighted by Crippen LogP contribution is -2.40. The van der Waals surface area contributed by atoms with E-state index in [0.717, 1.165) is 50.1 Å². The molecule has 1 aliphatic heterocycles. The van der Waals surface area contributed by atoms with Crippen LogP contribution >= 0.6 is 11.6 Å². The number of nitrogens with zero attached hydrogens (tertiary/aromatic N) is 2. The molecule has 130 valence electrons. The quantitative estimate of drug-likeness (QED) is 0.839. The monoisotopic (exact) mass is 355 g/mol. The van der Waals surface area contributed by atoms with Gasteiger partial charge in [0.05, 0.1) is 11.9 Å². The minimum Gasteiger partial charge on any atom is -0.470 e. The normalized spacial score (nSPS) is 16.8. The van der Waals surface area contributed by atoms with E-state index in [1.165, 1.54) is 0 Å². The molecule has 0 aliphatic carbocycles. The van der Waals surface area contributed by atoms with E-state index in [-0.39, 0.29) is 6.23 Å². The van der Waals surface area contributed by atoms with Gasteiger partial charge in [0.2, 0.25) is 0 Å². The highest BCUT2D eigenvalue weighted by Gasteiger charge is 2.21. The lowest BCUT2D eigenvalue weighted by molar-refractivity contribution is 0.0380. The van der Waals surface area contributed by atoms with Crippen LogP contribution < -0.4 is 10.5 Å². The Kier molecular flexibility index (Phi) is 6.03. The van der Waals surface area contributed by atoms with Crippen LogP contribution in [0.1, 0.15) is 31.4 Å². The minimum absolute atomic E-state index is 0.00271. The summed E-state index contributed by atoms with van der Waals surface area (Å²) in [4.78, 5) is 6.40. The number of aromatic nitrogens is 1. The first kappa shape index (κ1) is 17.4. The van der Waals surface area contributed by atoms with Gasteiger partial charge in [0, 0.05) is 42.6 Å². The molecular weight excluding hydrogens is 334 g/mol. The molecule has 1 fully saturated rings. The smallest absolute Gasteiger partial charge is 0.178 e. The van der Waals surface area contributed by atoms with E-state index in [1.54, 1.807) is 6.20 Å². The van der Waals surface area contributed by atoms with Crippen LogP contribution in [0.3, 0.4) is 0 Å². The highest BCUT2D eigenvalue weighted by Crippen LogP contribution is 2.22. The number of pyridine rings is 1. The average molecular weight is 356 g/mol. The van der Waals surface area contributed by atoms with Gasteiger partial charge in [-0.25, -0.2) is 0 Å². The van der Waals surface area contributed by atoms with Gasteiger partial charge in [0.1, 0.15) is 5.75 Å². The van der Waals surface area contributed by atoms with Gasteiger partial charge in [0.25, 0.3) is 0 Å². The number of nitrogens with two attached hydrogens (primary N) is 1. The molecule has 2 heterocycles. The Balaban J connectivity index is 1.55. The molecule has 0 saturated carbocycles. The van der Waals surface area contributed by atoms with Gasteiger partial charge < -0.3 is 10.5 Å². The van der Waals surface area contributed by atoms with Crippen molar-refractivity contribution in [1.29, 1.82) is 0 Å². The Morgan fingerprint density at radius 3 is 2.80 bits per heavy atom. The van der Waals surface area contributed by atoms with Gasteiger partial charge in [-0.05, 0) is 49.2 Å². The molecule has 2 aromatic rings. The third-order valence-corrected chi connectivity index (χ3v) is 4.36. The lowest BCUT2D eigenvalue weighted by Gasteiger charge is -2.32. The number of likely N-dealkylation sites (tertiary alicyclic amines) is 1. The van der Waals surface area contributed by atoms with E-state index in [0.29, 0.717) is 10.7 Å². The molecule has 1 aliphatic rings. The van der Waals surface area contributed by atoms with Crippen molar-refractivity contribution in [3.63, 3.8) is 0 Å². The van der Waals surface area contributed by atoms with E-state index in [9.17, 15) is 0 Å². The fraction of sp³-hybridized carbons (Fsp3) is 0.350. The SMILES string of the molecule is Nc1ccc(CCC#CN2CCCCC2Oc2ccc(Cl)cc2)nc1. The van der Waals surface area contributed by atoms with Gasteiger partial charge in [0.15, 0.2) is 6.23 Å². The van der Waals surface area contributed by atoms with Crippen molar-refractivity contribution in [2.45, 2.75) is 38.3 Å². The number of piperidine rings is 1. The topological polar surface area (TPSA) is 51.4 Å². The molecule has 1 atom stereocenters. The molecule has 25 heavy (non-hydrogen) atoms. The summed E-state index contributed by atoms with van der Waals surface area (Å²) in [5.41, 5.74) is 7.34. The average Bonchev–Trinajstić information content (AvgIpc) is 2.63. The third-order valence-electron chi connectivity index (χ3n) is 4.11. The third kappa shape index (κ3) is 5.30. The maximum atomic E-state index is 6.09. The molecule has 0 spiro atoms. The molecule has 1 aromatic heterocycles. The van der Waals surface area contributed by atoms with Crippen LogP contribution in [0.25, 0.3) is 0 Å². The van der Waals surface area contributed by atoms with Crippen molar-refractivity contribution >= 4 is 17.3 Å². The molecule has 0 bridgehead atoms. The van der Waals surface area contributed by atoms with Gasteiger partial charge >= 0.3 is 0 Å². The standard InChI is InChI=1S/C20H22ClN3O/c21-16-7-11-19(12-8-16)25-20-6-2-4-14-24(20)13-3-1-5-18-10-9-17(22)15-23-18/h7-12,15,20H,1-2,4-6,14,22H2. The van der Waals surface area contributed by atoms with E-state index in [1.807, 2.05) is 36.4 Å². The van der Waals surface area contributed by atoms with E-state index >= 15 is 0 Å². The highest BCUT2D eigenvalue weighted by atomic mass is 35.5. The predicted molar refractivity (Wildman–Crippen MR) is 101 cm³/mol. The molecule has 1 unspecified atom stereocenters. The van der Waals surface area contributed by atoms with E-state index in [2.05, 4.69) is 21.8 Å². The minimum atomic E-state index is -0.00271. The second-order valence-corrected chi connectivity index (χ2v) is 6.52. The largest absolute Gasteiger partial charge is 0.470 e. The molecule has 4 nitrogen and oxygen atoms in total. The van der Waals surface area contributed by atoms with Gasteiger partial charge in [-0.1, -0.05) is 17.5 Å². The zero-order valence-corrected chi connectivity index (χ0v) is 14.9. The zero-order chi connectivity index (χ0) is 17.5. The van der Waals surface area contributed by atoms with Crippen molar-refractivity contribution in [2.75, 3.05) is 12.3 Å². The number of nitrogen functional groups attached to an aromatic ring is 1. The van der Waals surface area contributed by atoms with Crippen molar-refractivity contribution in [2.24, 2.45) is 0 Å². The summed E-state index contributed by atoms with van der Waals surface area (Å²) in [5, 5.41) is 0.712. The number of hydrogen-bond donors (Lipinski definition) is 1. The first-order valence-corrected chi connectivity index (χ1v) is 8.96. The zero-order valence-electron chi connectivity index (χ0n) is 14.1. The molecule has 2 N–H and O–H groups in total. The van der Waals surface area contributed by atoms with Crippen LogP contribution in [0.15, 0.2) is 42.6 Å². The van der Waals surface area contributed by atoms with Crippen LogP contribution in [0.5, 0.6) is 5.75 Å². The van der Waals surface area contributed by atoms with Gasteiger partial charge in [-0.15, -0.1) is 0 Å². The van der Waals surface area contributed by atoms with Gasteiger partial charge in [-0.2, -0.15) is 0 Å². The van der Waals surface area contributed by atoms with E-state index in [4.69, 9.17) is 22.1 Å². The maximum Gasteiger partial charge on any atom is 0.178 e. The molecule has 1 aromatic carbocycles. The predicted octanol–water partition coefficient (Wildman–Crippen LogP) is 4.10. The number of ether oxygens (including phenoxy) is 1. The summed E-state index contributed by atoms with van der Waals surface area (Å²) in [6, 6.07) is 14.6. The summed E-state index contributed by atoms with van der Waals surface area (Å²) in [5.74, 6) is 4.07. The van der Waals surface area contributed by atoms with Crippen molar-refractivity contribution < 1.29 is 4.74 Å². The van der Waals surface area contributed by atoms with Gasteiger partial charge in [-0.3, -0.25) is 9.88 Å². The first-order valence-electron chi connectivity index (χ1n) is 8.58. The molecular formula is C20H22ClN3O. The summed E-state index contributed by atoms with van der Waals surface area (Å²) in [7, 11) is 0. The maximum absolute atomic E-state index is 6.09. The van der Waals surface area contributed by atoms with Crippen molar-refractivity contribution in [3.8, 4) is 17.7 Å². The summed E-state index contributed by atoms with van der Waals surface area (Å²) in [6.07, 6.45) is 6.56. The van der Waals surface area contributed by atoms with Crippen LogP contribution in [-0.4, -0.2) is 22.7 Å². The Bertz CT molecular complexity index is 734. The van der Waals surface area contributed by atoms with Crippen LogP contribution in [0, 0.1) is 12.0 Å². The van der Waals surface area contributed by atoms with Crippen LogP contribution in [-0.2, 0) is 6.42 Å². The van der Waals surface area contributed by atoms with Crippen LogP contribution in [0.4, 0.5) is 5.69 Å². The molecule has 1 saturated heterocycles. The number of benzene rings is 1. The number of anilines is 1. The fourth-order valence-corrected chi connectivity index (χ4v) is 2.88. The summed E-state index contributed by atoms with van der Waals surface area (Å²) in [6.45, 7) is 0.936. The number of hydrogen-bond acceptors (Lipinski definition) is 4. The molecule has 0 amide bonds. The highest BCUT2D eigenvalue weighted by molar-refractivity contribution is 6.30.